The largest absolute Gasteiger partial charge is 0.444 e. The number of rotatable bonds is 5. The molecule has 180 valence electrons. The third-order valence-corrected chi connectivity index (χ3v) is 5.98. The van der Waals surface area contributed by atoms with Crippen LogP contribution in [0.25, 0.3) is 17.0 Å². The summed E-state index contributed by atoms with van der Waals surface area (Å²) in [7, 11) is 0. The maximum Gasteiger partial charge on any atom is 0.410 e. The number of alkyl halides is 1. The highest BCUT2D eigenvalue weighted by Gasteiger charge is 2.37. The van der Waals surface area contributed by atoms with Crippen LogP contribution in [0.1, 0.15) is 50.8 Å². The normalized spacial score (nSPS) is 20.7. The zero-order valence-corrected chi connectivity index (χ0v) is 19.5. The lowest BCUT2D eigenvalue weighted by molar-refractivity contribution is 0.0283. The Labute approximate surface area is 197 Å². The van der Waals surface area contributed by atoms with Crippen molar-refractivity contribution in [2.75, 3.05) is 18.4 Å². The Kier molecular flexibility index (Phi) is 5.63. The molecule has 1 aliphatic carbocycles. The zero-order chi connectivity index (χ0) is 24.0. The van der Waals surface area contributed by atoms with Gasteiger partial charge in [-0.2, -0.15) is 5.10 Å². The average molecular weight is 469 g/mol. The number of nitrogens with zero attached hydrogens (tertiary/aromatic N) is 5. The summed E-state index contributed by atoms with van der Waals surface area (Å²) in [6.07, 6.45) is 2.07. The van der Waals surface area contributed by atoms with Crippen LogP contribution in [-0.2, 0) is 11.3 Å². The third-order valence-electron chi connectivity index (χ3n) is 5.98. The van der Waals surface area contributed by atoms with Crippen LogP contribution in [0.4, 0.5) is 15.0 Å². The molecule has 1 saturated carbocycles. The molecule has 0 unspecified atom stereocenters. The summed E-state index contributed by atoms with van der Waals surface area (Å²) < 4.78 is 21.8. The van der Waals surface area contributed by atoms with E-state index in [1.54, 1.807) is 37.5 Å². The predicted molar refractivity (Wildman–Crippen MR) is 124 cm³/mol. The molecule has 0 spiro atoms. The Hall–Kier alpha value is -3.27. The molecule has 10 heteroatoms. The minimum atomic E-state index is -1.24. The van der Waals surface area contributed by atoms with Crippen molar-refractivity contribution in [1.82, 2.24) is 24.5 Å². The van der Waals surface area contributed by atoms with E-state index >= 15 is 0 Å². The number of halogens is 1. The maximum atomic E-state index is 14.7. The van der Waals surface area contributed by atoms with Crippen LogP contribution in [0.15, 0.2) is 30.5 Å². The third kappa shape index (κ3) is 4.54. The number of aliphatic hydroxyl groups is 1. The molecule has 2 N–H and O–H groups in total. The van der Waals surface area contributed by atoms with E-state index < -0.39 is 23.9 Å². The van der Waals surface area contributed by atoms with Gasteiger partial charge in [-0.05, 0) is 51.8 Å². The fourth-order valence-electron chi connectivity index (χ4n) is 4.19. The summed E-state index contributed by atoms with van der Waals surface area (Å²) in [6, 6.07) is 6.72. The standard InChI is InChI=1S/C24H29FN6O3/c1-24(2,3)34-23(33)30-11-16(25)18(12-30)28-20-6-4-5-17(27-20)19-10-26-21-9-15(13-32)22(14-7-8-14)29-31(19)21/h4-6,9-10,14,16,18,32H,7-8,11-13H2,1-3H3,(H,27,28)/t16-,18-/m0/s1. The first-order chi connectivity index (χ1) is 16.2. The molecule has 2 fully saturated rings. The predicted octanol–water partition coefficient (Wildman–Crippen LogP) is 3.53. The van der Waals surface area contributed by atoms with Gasteiger partial charge in [-0.25, -0.2) is 23.7 Å². The first-order valence-electron chi connectivity index (χ1n) is 11.6. The van der Waals surface area contributed by atoms with Crippen LogP contribution < -0.4 is 5.32 Å². The number of anilines is 1. The summed E-state index contributed by atoms with van der Waals surface area (Å²) in [5.74, 6) is 0.875. The number of ether oxygens (including phenoxy) is 1. The maximum absolute atomic E-state index is 14.7. The summed E-state index contributed by atoms with van der Waals surface area (Å²) in [5, 5.41) is 17.6. The van der Waals surface area contributed by atoms with E-state index in [1.807, 2.05) is 18.2 Å². The Morgan fingerprint density at radius 1 is 1.29 bits per heavy atom. The number of nitrogens with one attached hydrogen (secondary N) is 1. The number of pyridine rings is 1. The highest BCUT2D eigenvalue weighted by Crippen LogP contribution is 2.41. The number of likely N-dealkylation sites (tertiary alicyclic amines) is 1. The Morgan fingerprint density at radius 2 is 2.09 bits per heavy atom. The van der Waals surface area contributed by atoms with E-state index in [0.717, 1.165) is 24.1 Å². The van der Waals surface area contributed by atoms with Gasteiger partial charge in [0.25, 0.3) is 0 Å². The molecular weight excluding hydrogens is 439 g/mol. The summed E-state index contributed by atoms with van der Waals surface area (Å²) in [5.41, 5.74) is 3.06. The van der Waals surface area contributed by atoms with Crippen LogP contribution >= 0.6 is 0 Å². The lowest BCUT2D eigenvalue weighted by Crippen LogP contribution is -2.36. The van der Waals surface area contributed by atoms with Crippen molar-refractivity contribution in [1.29, 1.82) is 0 Å². The SMILES string of the molecule is CC(C)(C)OC(=O)N1C[C@H](Nc2cccc(-c3cnc4cc(CO)c(C5CC5)nn34)n2)[C@@H](F)C1. The van der Waals surface area contributed by atoms with Crippen molar-refractivity contribution in [3.8, 4) is 11.4 Å². The number of carbonyl (C=O) groups excluding carboxylic acids is 1. The molecule has 5 rings (SSSR count). The van der Waals surface area contributed by atoms with Gasteiger partial charge in [0, 0.05) is 18.0 Å². The highest BCUT2D eigenvalue weighted by molar-refractivity contribution is 5.69. The number of hydrogen-bond acceptors (Lipinski definition) is 7. The topological polar surface area (TPSA) is 105 Å². The minimum Gasteiger partial charge on any atom is -0.444 e. The lowest BCUT2D eigenvalue weighted by atomic mass is 10.1. The minimum absolute atomic E-state index is 0.0272. The average Bonchev–Trinajstić information content (AvgIpc) is 3.45. The number of imidazole rings is 1. The molecule has 1 amide bonds. The first-order valence-corrected chi connectivity index (χ1v) is 11.6. The van der Waals surface area contributed by atoms with Crippen molar-refractivity contribution < 1.29 is 19.0 Å². The molecule has 0 aromatic carbocycles. The number of amides is 1. The van der Waals surface area contributed by atoms with Crippen molar-refractivity contribution in [2.24, 2.45) is 0 Å². The van der Waals surface area contributed by atoms with E-state index in [0.29, 0.717) is 28.8 Å². The van der Waals surface area contributed by atoms with Crippen LogP contribution in [0.3, 0.4) is 0 Å². The number of aliphatic hydroxyl groups excluding tert-OH is 1. The molecule has 9 nitrogen and oxygen atoms in total. The second kappa shape index (κ2) is 8.50. The molecule has 0 bridgehead atoms. The zero-order valence-electron chi connectivity index (χ0n) is 19.5. The quantitative estimate of drug-likeness (QED) is 0.590. The van der Waals surface area contributed by atoms with E-state index in [4.69, 9.17) is 9.84 Å². The van der Waals surface area contributed by atoms with E-state index in [2.05, 4.69) is 15.3 Å². The second-order valence-electron chi connectivity index (χ2n) is 9.96. The number of fused-ring (bicyclic) bond motifs is 1. The van der Waals surface area contributed by atoms with E-state index in [-0.39, 0.29) is 19.7 Å². The van der Waals surface area contributed by atoms with E-state index in [1.165, 1.54) is 4.90 Å². The van der Waals surface area contributed by atoms with Crippen molar-refractivity contribution in [2.45, 2.75) is 64.0 Å². The van der Waals surface area contributed by atoms with Gasteiger partial charge in [-0.3, -0.25) is 0 Å². The molecule has 2 aliphatic rings. The smallest absolute Gasteiger partial charge is 0.410 e. The molecule has 34 heavy (non-hydrogen) atoms. The molecule has 0 radical (unpaired) electrons. The van der Waals surface area contributed by atoms with Gasteiger partial charge in [0.15, 0.2) is 5.65 Å². The van der Waals surface area contributed by atoms with Crippen LogP contribution in [0, 0.1) is 0 Å². The van der Waals surface area contributed by atoms with Gasteiger partial charge in [-0.15, -0.1) is 0 Å². The molecule has 4 heterocycles. The van der Waals surface area contributed by atoms with Crippen molar-refractivity contribution >= 4 is 17.6 Å². The Balaban J connectivity index is 1.36. The monoisotopic (exact) mass is 468 g/mol. The first kappa shape index (κ1) is 22.5. The molecule has 1 saturated heterocycles. The van der Waals surface area contributed by atoms with Gasteiger partial charge < -0.3 is 20.1 Å². The lowest BCUT2D eigenvalue weighted by Gasteiger charge is -2.24. The van der Waals surface area contributed by atoms with Crippen LogP contribution in [-0.4, -0.2) is 66.6 Å². The fourth-order valence-corrected chi connectivity index (χ4v) is 4.19. The van der Waals surface area contributed by atoms with Gasteiger partial charge >= 0.3 is 6.09 Å². The van der Waals surface area contributed by atoms with Gasteiger partial charge in [-0.1, -0.05) is 6.07 Å². The van der Waals surface area contributed by atoms with E-state index in [9.17, 15) is 14.3 Å². The fraction of sp³-hybridized carbons (Fsp3) is 0.500. The molecule has 3 aromatic heterocycles. The molecule has 2 atom stereocenters. The van der Waals surface area contributed by atoms with Gasteiger partial charge in [0.2, 0.25) is 0 Å². The number of aromatic nitrogens is 4. The van der Waals surface area contributed by atoms with Crippen LogP contribution in [0.5, 0.6) is 0 Å². The van der Waals surface area contributed by atoms with Crippen molar-refractivity contribution in [3.63, 3.8) is 0 Å². The van der Waals surface area contributed by atoms with Crippen molar-refractivity contribution in [3.05, 3.63) is 41.7 Å². The summed E-state index contributed by atoms with van der Waals surface area (Å²) >= 11 is 0. The second-order valence-corrected chi connectivity index (χ2v) is 9.96. The van der Waals surface area contributed by atoms with Gasteiger partial charge in [0.05, 0.1) is 36.8 Å². The Morgan fingerprint density at radius 3 is 2.79 bits per heavy atom. The van der Waals surface area contributed by atoms with Crippen LogP contribution in [0.2, 0.25) is 0 Å². The molecular formula is C24H29FN6O3. The highest BCUT2D eigenvalue weighted by atomic mass is 19.1. The van der Waals surface area contributed by atoms with Gasteiger partial charge in [0.1, 0.15) is 23.3 Å². The molecule has 3 aromatic rings. The number of hydrogen-bond donors (Lipinski definition) is 2. The summed E-state index contributed by atoms with van der Waals surface area (Å²) in [6.45, 7) is 5.44. The molecule has 1 aliphatic heterocycles. The Bertz CT molecular complexity index is 1220. The number of carbonyl (C=O) groups is 1. The summed E-state index contributed by atoms with van der Waals surface area (Å²) in [4.78, 5) is 22.8.